The predicted molar refractivity (Wildman–Crippen MR) is 95.6 cm³/mol. The third-order valence-electron chi connectivity index (χ3n) is 4.58. The van der Waals surface area contributed by atoms with Gasteiger partial charge in [-0.3, -0.25) is 4.79 Å². The fraction of sp³-hybridized carbons (Fsp3) is 0.316. The Hall–Kier alpha value is -2.34. The van der Waals surface area contributed by atoms with E-state index in [1.807, 2.05) is 25.1 Å². The maximum Gasteiger partial charge on any atom is 0.254 e. The van der Waals surface area contributed by atoms with Crippen LogP contribution in [0.25, 0.3) is 0 Å². The molecule has 1 amide bonds. The number of rotatable bonds is 3. The van der Waals surface area contributed by atoms with Crippen molar-refractivity contribution in [1.82, 2.24) is 4.90 Å². The van der Waals surface area contributed by atoms with E-state index in [4.69, 9.17) is 4.74 Å². The van der Waals surface area contributed by atoms with Crippen LogP contribution in [0.2, 0.25) is 0 Å². The van der Waals surface area contributed by atoms with Gasteiger partial charge < -0.3 is 9.64 Å². The van der Waals surface area contributed by atoms with Crippen molar-refractivity contribution in [2.45, 2.75) is 30.8 Å². The summed E-state index contributed by atoms with van der Waals surface area (Å²) in [5.41, 5.74) is 2.74. The molecule has 0 fully saturated rings. The van der Waals surface area contributed by atoms with Gasteiger partial charge in [0.15, 0.2) is 9.84 Å². The Bertz CT molecular complexity index is 921. The maximum atomic E-state index is 13.0. The smallest absolute Gasteiger partial charge is 0.254 e. The van der Waals surface area contributed by atoms with Crippen LogP contribution >= 0.6 is 0 Å². The first-order chi connectivity index (χ1) is 11.8. The lowest BCUT2D eigenvalue weighted by molar-refractivity contribution is 0.0658. The molecule has 1 atom stereocenters. The molecule has 1 unspecified atom stereocenters. The fourth-order valence-electron chi connectivity index (χ4n) is 3.22. The number of carbonyl (C=O) groups is 1. The van der Waals surface area contributed by atoms with Crippen LogP contribution in [0, 0.1) is 0 Å². The molecular weight excluding hydrogens is 338 g/mol. The van der Waals surface area contributed by atoms with E-state index in [1.54, 1.807) is 11.0 Å². The van der Waals surface area contributed by atoms with E-state index < -0.39 is 9.84 Å². The highest BCUT2D eigenvalue weighted by atomic mass is 32.2. The van der Waals surface area contributed by atoms with E-state index in [0.29, 0.717) is 12.1 Å². The Morgan fingerprint density at radius 2 is 1.84 bits per heavy atom. The number of amides is 1. The Labute approximate surface area is 148 Å². The van der Waals surface area contributed by atoms with Crippen molar-refractivity contribution in [1.29, 1.82) is 0 Å². The minimum Gasteiger partial charge on any atom is -0.495 e. The van der Waals surface area contributed by atoms with Crippen molar-refractivity contribution in [2.24, 2.45) is 0 Å². The molecule has 25 heavy (non-hydrogen) atoms. The molecule has 0 aromatic heterocycles. The lowest BCUT2D eigenvalue weighted by Crippen LogP contribution is -2.42. The van der Waals surface area contributed by atoms with Gasteiger partial charge in [-0.1, -0.05) is 24.3 Å². The zero-order valence-electron chi connectivity index (χ0n) is 14.5. The quantitative estimate of drug-likeness (QED) is 0.845. The molecule has 5 nitrogen and oxygen atoms in total. The molecule has 6 heteroatoms. The molecule has 0 aliphatic carbocycles. The first-order valence-electron chi connectivity index (χ1n) is 8.07. The average Bonchev–Trinajstić information content (AvgIpc) is 2.59. The van der Waals surface area contributed by atoms with E-state index in [9.17, 15) is 13.2 Å². The molecule has 1 heterocycles. The van der Waals surface area contributed by atoms with E-state index in [0.717, 1.165) is 18.2 Å². The summed E-state index contributed by atoms with van der Waals surface area (Å²) in [7, 11) is -2.08. The van der Waals surface area contributed by atoms with Crippen LogP contribution in [0.5, 0.6) is 5.75 Å². The number of benzene rings is 2. The molecule has 132 valence electrons. The lowest BCUT2D eigenvalue weighted by atomic mass is 9.94. The van der Waals surface area contributed by atoms with Crippen molar-refractivity contribution < 1.29 is 17.9 Å². The zero-order chi connectivity index (χ0) is 18.2. The molecular formula is C19H21NO4S. The van der Waals surface area contributed by atoms with E-state index >= 15 is 0 Å². The molecule has 0 spiro atoms. The summed E-state index contributed by atoms with van der Waals surface area (Å²) in [4.78, 5) is 14.8. The van der Waals surface area contributed by atoms with E-state index in [2.05, 4.69) is 6.07 Å². The van der Waals surface area contributed by atoms with Gasteiger partial charge in [-0.15, -0.1) is 0 Å². The number of nitrogens with zero attached hydrogens (tertiary/aromatic N) is 1. The number of ether oxygens (including phenoxy) is 1. The maximum absolute atomic E-state index is 13.0. The molecule has 1 aliphatic rings. The number of fused-ring (bicyclic) bond motifs is 1. The van der Waals surface area contributed by atoms with E-state index in [-0.39, 0.29) is 22.6 Å². The summed E-state index contributed by atoms with van der Waals surface area (Å²) >= 11 is 0. The minimum atomic E-state index is -3.49. The van der Waals surface area contributed by atoms with Crippen LogP contribution in [0.3, 0.4) is 0 Å². The standard InChI is InChI=1S/C19H21NO4S/c1-13-10-14-6-4-5-7-16(14)12-20(13)19(21)15-8-9-17(24-2)18(11-15)25(3,22)23/h4-9,11,13H,10,12H2,1-3H3. The van der Waals surface area contributed by atoms with Crippen molar-refractivity contribution >= 4 is 15.7 Å². The normalized spacial score (nSPS) is 17.1. The largest absolute Gasteiger partial charge is 0.495 e. The van der Waals surface area contributed by atoms with Crippen molar-refractivity contribution in [3.05, 3.63) is 59.2 Å². The predicted octanol–water partition coefficient (Wildman–Crippen LogP) is 2.69. The van der Waals surface area contributed by atoms with Gasteiger partial charge in [0.25, 0.3) is 5.91 Å². The summed E-state index contributed by atoms with van der Waals surface area (Å²) in [5, 5.41) is 0. The lowest BCUT2D eigenvalue weighted by Gasteiger charge is -2.35. The number of methoxy groups -OCH3 is 1. The summed E-state index contributed by atoms with van der Waals surface area (Å²) in [6.45, 7) is 2.53. The Kier molecular flexibility index (Phi) is 4.56. The van der Waals surface area contributed by atoms with Crippen LogP contribution in [0.1, 0.15) is 28.4 Å². The van der Waals surface area contributed by atoms with Crippen LogP contribution in [0.4, 0.5) is 0 Å². The molecule has 0 radical (unpaired) electrons. The second-order valence-electron chi connectivity index (χ2n) is 6.39. The first kappa shape index (κ1) is 17.5. The van der Waals surface area contributed by atoms with Crippen LogP contribution < -0.4 is 4.74 Å². The summed E-state index contributed by atoms with van der Waals surface area (Å²) < 4.78 is 29.1. The third-order valence-corrected chi connectivity index (χ3v) is 5.70. The molecule has 0 bridgehead atoms. The molecule has 3 rings (SSSR count). The van der Waals surface area contributed by atoms with Crippen molar-refractivity contribution in [3.8, 4) is 5.75 Å². The number of hydrogen-bond donors (Lipinski definition) is 0. The van der Waals surface area contributed by atoms with Gasteiger partial charge >= 0.3 is 0 Å². The molecule has 0 N–H and O–H groups in total. The van der Waals surface area contributed by atoms with E-state index in [1.165, 1.54) is 24.8 Å². The van der Waals surface area contributed by atoms with Gasteiger partial charge in [-0.25, -0.2) is 8.42 Å². The topological polar surface area (TPSA) is 63.7 Å². The zero-order valence-corrected chi connectivity index (χ0v) is 15.3. The molecule has 0 saturated heterocycles. The Morgan fingerprint density at radius 1 is 1.16 bits per heavy atom. The molecule has 1 aliphatic heterocycles. The highest BCUT2D eigenvalue weighted by Gasteiger charge is 2.28. The Balaban J connectivity index is 1.96. The van der Waals surface area contributed by atoms with Gasteiger partial charge in [0.05, 0.1) is 7.11 Å². The molecule has 0 saturated carbocycles. The SMILES string of the molecule is COc1ccc(C(=O)N2Cc3ccccc3CC2C)cc1S(C)(=O)=O. The number of sulfone groups is 1. The van der Waals surface area contributed by atoms with Gasteiger partial charge in [0.2, 0.25) is 0 Å². The van der Waals surface area contributed by atoms with Gasteiger partial charge in [-0.2, -0.15) is 0 Å². The summed E-state index contributed by atoms with van der Waals surface area (Å²) in [6, 6.07) is 12.7. The monoisotopic (exact) mass is 359 g/mol. The fourth-order valence-corrected chi connectivity index (χ4v) is 4.07. The minimum absolute atomic E-state index is 0.0333. The molecule has 2 aromatic rings. The first-order valence-corrected chi connectivity index (χ1v) is 9.96. The van der Waals surface area contributed by atoms with Gasteiger partial charge in [0.1, 0.15) is 10.6 Å². The van der Waals surface area contributed by atoms with Crippen LogP contribution in [0.15, 0.2) is 47.4 Å². The summed E-state index contributed by atoms with van der Waals surface area (Å²) in [6.07, 6.45) is 1.90. The summed E-state index contributed by atoms with van der Waals surface area (Å²) in [5.74, 6) is 0.0747. The number of carbonyl (C=O) groups excluding carboxylic acids is 1. The van der Waals surface area contributed by atoms with Gasteiger partial charge in [0, 0.05) is 24.4 Å². The second-order valence-corrected chi connectivity index (χ2v) is 8.38. The Morgan fingerprint density at radius 3 is 2.48 bits per heavy atom. The van der Waals surface area contributed by atoms with Crippen LogP contribution in [-0.4, -0.2) is 38.6 Å². The third kappa shape index (κ3) is 3.39. The average molecular weight is 359 g/mol. The van der Waals surface area contributed by atoms with Crippen molar-refractivity contribution in [2.75, 3.05) is 13.4 Å². The molecule has 2 aromatic carbocycles. The number of hydrogen-bond acceptors (Lipinski definition) is 4. The highest BCUT2D eigenvalue weighted by Crippen LogP contribution is 2.28. The second kappa shape index (κ2) is 6.52. The van der Waals surface area contributed by atoms with Crippen molar-refractivity contribution in [3.63, 3.8) is 0 Å². The highest BCUT2D eigenvalue weighted by molar-refractivity contribution is 7.90. The van der Waals surface area contributed by atoms with Crippen LogP contribution in [-0.2, 0) is 22.8 Å². The van der Waals surface area contributed by atoms with Gasteiger partial charge in [-0.05, 0) is 42.7 Å².